The molecule has 0 fully saturated rings. The molecule has 1 aromatic carbocycles. The van der Waals surface area contributed by atoms with Gasteiger partial charge in [-0.2, -0.15) is 5.10 Å². The Morgan fingerprint density at radius 1 is 1.31 bits per heavy atom. The van der Waals surface area contributed by atoms with Gasteiger partial charge in [0.1, 0.15) is 0 Å². The number of rotatable bonds is 4. The Kier molecular flexibility index (Phi) is 3.74. The third kappa shape index (κ3) is 2.93. The lowest BCUT2D eigenvalue weighted by atomic mass is 10.1. The van der Waals surface area contributed by atoms with Crippen molar-refractivity contribution in [3.8, 4) is 0 Å². The summed E-state index contributed by atoms with van der Waals surface area (Å²) in [7, 11) is 0. The monoisotopic (exact) mass is 279 g/mol. The molecule has 2 aromatic rings. The first-order valence-corrected chi connectivity index (χ1v) is 5.99. The summed E-state index contributed by atoms with van der Waals surface area (Å²) < 4.78 is 1.16. The Morgan fingerprint density at radius 3 is 2.88 bits per heavy atom. The van der Waals surface area contributed by atoms with Gasteiger partial charge in [-0.1, -0.05) is 28.1 Å². The third-order valence-electron chi connectivity index (χ3n) is 2.43. The van der Waals surface area contributed by atoms with Gasteiger partial charge >= 0.3 is 0 Å². The maximum absolute atomic E-state index is 3.90. The smallest absolute Gasteiger partial charge is 0.0490 e. The molecule has 0 spiro atoms. The molecule has 16 heavy (non-hydrogen) atoms. The lowest BCUT2D eigenvalue weighted by Gasteiger charge is -2.05. The fourth-order valence-corrected chi connectivity index (χ4v) is 1.79. The fourth-order valence-electron chi connectivity index (χ4n) is 1.54. The van der Waals surface area contributed by atoms with Gasteiger partial charge in [0.15, 0.2) is 0 Å². The molecule has 3 nitrogen and oxygen atoms in total. The first-order valence-electron chi connectivity index (χ1n) is 5.20. The molecule has 0 saturated carbocycles. The molecule has 1 heterocycles. The highest BCUT2D eigenvalue weighted by Crippen LogP contribution is 2.16. The first-order chi connectivity index (χ1) is 7.75. The van der Waals surface area contributed by atoms with Crippen LogP contribution in [0.5, 0.6) is 0 Å². The van der Waals surface area contributed by atoms with Crippen molar-refractivity contribution in [1.82, 2.24) is 15.5 Å². The maximum Gasteiger partial charge on any atom is 0.0490 e. The zero-order chi connectivity index (χ0) is 11.4. The van der Waals surface area contributed by atoms with Gasteiger partial charge in [-0.3, -0.25) is 5.10 Å². The van der Waals surface area contributed by atoms with Crippen LogP contribution in [0.4, 0.5) is 0 Å². The van der Waals surface area contributed by atoms with Crippen molar-refractivity contribution in [2.24, 2.45) is 0 Å². The van der Waals surface area contributed by atoms with Crippen LogP contribution in [0, 0.1) is 6.92 Å². The number of halogens is 1. The van der Waals surface area contributed by atoms with Gasteiger partial charge in [-0.15, -0.1) is 0 Å². The molecule has 1 aromatic heterocycles. The number of aryl methyl sites for hydroxylation is 1. The van der Waals surface area contributed by atoms with Gasteiger partial charge in [0.05, 0.1) is 0 Å². The number of hydrogen-bond acceptors (Lipinski definition) is 2. The topological polar surface area (TPSA) is 40.7 Å². The molecule has 84 valence electrons. The minimum absolute atomic E-state index is 0.815. The summed E-state index contributed by atoms with van der Waals surface area (Å²) in [6.07, 6.45) is 1.76. The van der Waals surface area contributed by atoms with Crippen LogP contribution in [0.15, 0.2) is 34.9 Å². The van der Waals surface area contributed by atoms with Crippen LogP contribution in [0.3, 0.4) is 0 Å². The number of aromatic amines is 1. The molecule has 0 amide bonds. The van der Waals surface area contributed by atoms with Crippen molar-refractivity contribution in [2.75, 3.05) is 0 Å². The molecular weight excluding hydrogens is 266 g/mol. The molecule has 0 atom stereocenters. The minimum Gasteiger partial charge on any atom is -0.307 e. The first kappa shape index (κ1) is 11.4. The fraction of sp³-hybridized carbons (Fsp3) is 0.250. The van der Waals surface area contributed by atoms with Crippen LogP contribution < -0.4 is 5.32 Å². The van der Waals surface area contributed by atoms with Gasteiger partial charge in [0.25, 0.3) is 0 Å². The van der Waals surface area contributed by atoms with Crippen LogP contribution in [-0.2, 0) is 13.1 Å². The lowest BCUT2D eigenvalue weighted by Crippen LogP contribution is -2.13. The number of nitrogens with one attached hydrogen (secondary N) is 2. The quantitative estimate of drug-likeness (QED) is 0.904. The Labute approximate surface area is 103 Å². The molecule has 0 aliphatic carbocycles. The molecule has 0 saturated heterocycles. The highest BCUT2D eigenvalue weighted by molar-refractivity contribution is 9.10. The summed E-state index contributed by atoms with van der Waals surface area (Å²) in [6.45, 7) is 3.78. The molecule has 2 N–H and O–H groups in total. The maximum atomic E-state index is 3.90. The Balaban J connectivity index is 1.87. The molecule has 2 rings (SSSR count). The van der Waals surface area contributed by atoms with Gasteiger partial charge < -0.3 is 5.32 Å². The van der Waals surface area contributed by atoms with E-state index in [0.29, 0.717) is 0 Å². The highest BCUT2D eigenvalue weighted by atomic mass is 79.9. The molecule has 0 unspecified atom stereocenters. The summed E-state index contributed by atoms with van der Waals surface area (Å²) in [5, 5.41) is 10.2. The third-order valence-corrected chi connectivity index (χ3v) is 3.32. The van der Waals surface area contributed by atoms with E-state index in [4.69, 9.17) is 0 Å². The molecular formula is C12H14BrN3. The average molecular weight is 280 g/mol. The SMILES string of the molecule is Cc1cc(CNCc2ccn[nH]2)ccc1Br. The van der Waals surface area contributed by atoms with Gasteiger partial charge in [0, 0.05) is 29.5 Å². The second-order valence-corrected chi connectivity index (χ2v) is 4.62. The van der Waals surface area contributed by atoms with Crippen molar-refractivity contribution in [1.29, 1.82) is 0 Å². The molecule has 0 radical (unpaired) electrons. The van der Waals surface area contributed by atoms with Crippen LogP contribution >= 0.6 is 15.9 Å². The summed E-state index contributed by atoms with van der Waals surface area (Å²) in [6, 6.07) is 8.36. The van der Waals surface area contributed by atoms with Crippen molar-refractivity contribution in [3.05, 3.63) is 51.8 Å². The van der Waals surface area contributed by atoms with E-state index < -0.39 is 0 Å². The standard InChI is InChI=1S/C12H14BrN3/c1-9-6-10(2-3-12(9)13)7-14-8-11-4-5-15-16-11/h2-6,14H,7-8H2,1H3,(H,15,16). The summed E-state index contributed by atoms with van der Waals surface area (Å²) in [4.78, 5) is 0. The summed E-state index contributed by atoms with van der Waals surface area (Å²) in [5.74, 6) is 0. The van der Waals surface area contributed by atoms with E-state index in [1.54, 1.807) is 6.20 Å². The van der Waals surface area contributed by atoms with Crippen molar-refractivity contribution in [2.45, 2.75) is 20.0 Å². The van der Waals surface area contributed by atoms with Gasteiger partial charge in [0.2, 0.25) is 0 Å². The zero-order valence-corrected chi connectivity index (χ0v) is 10.7. The van der Waals surface area contributed by atoms with E-state index in [0.717, 1.165) is 23.3 Å². The number of aromatic nitrogens is 2. The molecule has 0 bridgehead atoms. The van der Waals surface area contributed by atoms with Gasteiger partial charge in [-0.05, 0) is 30.2 Å². The van der Waals surface area contributed by atoms with Crippen LogP contribution in [0.2, 0.25) is 0 Å². The minimum atomic E-state index is 0.815. The second-order valence-electron chi connectivity index (χ2n) is 3.77. The van der Waals surface area contributed by atoms with E-state index in [9.17, 15) is 0 Å². The van der Waals surface area contributed by atoms with E-state index in [2.05, 4.69) is 56.6 Å². The Bertz CT molecular complexity index is 451. The van der Waals surface area contributed by atoms with Gasteiger partial charge in [-0.25, -0.2) is 0 Å². The number of benzene rings is 1. The van der Waals surface area contributed by atoms with Crippen molar-refractivity contribution >= 4 is 15.9 Å². The highest BCUT2D eigenvalue weighted by Gasteiger charge is 1.98. The summed E-state index contributed by atoms with van der Waals surface area (Å²) in [5.41, 5.74) is 3.66. The van der Waals surface area contributed by atoms with Crippen LogP contribution in [0.25, 0.3) is 0 Å². The largest absolute Gasteiger partial charge is 0.307 e. The van der Waals surface area contributed by atoms with E-state index >= 15 is 0 Å². The van der Waals surface area contributed by atoms with E-state index in [-0.39, 0.29) is 0 Å². The molecule has 0 aliphatic rings. The Hall–Kier alpha value is -1.13. The van der Waals surface area contributed by atoms with E-state index in [1.807, 2.05) is 6.07 Å². The van der Waals surface area contributed by atoms with Crippen LogP contribution in [-0.4, -0.2) is 10.2 Å². The molecule has 4 heteroatoms. The molecule has 0 aliphatic heterocycles. The number of hydrogen-bond donors (Lipinski definition) is 2. The predicted molar refractivity (Wildman–Crippen MR) is 68.0 cm³/mol. The zero-order valence-electron chi connectivity index (χ0n) is 9.13. The number of H-pyrrole nitrogens is 1. The normalized spacial score (nSPS) is 10.6. The predicted octanol–water partition coefficient (Wildman–Crippen LogP) is 2.77. The lowest BCUT2D eigenvalue weighted by molar-refractivity contribution is 0.677. The van der Waals surface area contributed by atoms with Crippen molar-refractivity contribution in [3.63, 3.8) is 0 Å². The Morgan fingerprint density at radius 2 is 2.19 bits per heavy atom. The number of nitrogens with zero attached hydrogens (tertiary/aromatic N) is 1. The summed E-state index contributed by atoms with van der Waals surface area (Å²) >= 11 is 3.50. The second kappa shape index (κ2) is 5.27. The van der Waals surface area contributed by atoms with Crippen LogP contribution in [0.1, 0.15) is 16.8 Å². The van der Waals surface area contributed by atoms with Crippen molar-refractivity contribution < 1.29 is 0 Å². The average Bonchev–Trinajstić information content (AvgIpc) is 2.76. The van der Waals surface area contributed by atoms with E-state index in [1.165, 1.54) is 11.1 Å².